The Morgan fingerprint density at radius 2 is 2.09 bits per heavy atom. The minimum Gasteiger partial charge on any atom is -0.484 e. The van der Waals surface area contributed by atoms with Gasteiger partial charge in [0.1, 0.15) is 5.75 Å². The maximum atomic E-state index is 11.9. The maximum Gasteiger partial charge on any atom is 0.264 e. The van der Waals surface area contributed by atoms with Crippen LogP contribution in [0.4, 0.5) is 5.13 Å². The third-order valence-corrected chi connectivity index (χ3v) is 4.61. The van der Waals surface area contributed by atoms with Gasteiger partial charge in [0, 0.05) is 4.90 Å². The summed E-state index contributed by atoms with van der Waals surface area (Å²) in [5.74, 6) is 0.458. The Kier molecular flexibility index (Phi) is 4.60. The molecular weight excluding hydrogens is 316 g/mol. The van der Waals surface area contributed by atoms with E-state index >= 15 is 0 Å². The van der Waals surface area contributed by atoms with Crippen LogP contribution in [0.15, 0.2) is 53.4 Å². The third kappa shape index (κ3) is 3.58. The van der Waals surface area contributed by atoms with Crippen molar-refractivity contribution >= 4 is 44.4 Å². The molecule has 0 aliphatic rings. The van der Waals surface area contributed by atoms with E-state index in [1.807, 2.05) is 48.7 Å². The van der Waals surface area contributed by atoms with E-state index in [1.165, 1.54) is 16.2 Å². The van der Waals surface area contributed by atoms with Crippen molar-refractivity contribution in [2.24, 2.45) is 0 Å². The van der Waals surface area contributed by atoms with E-state index in [0.29, 0.717) is 10.9 Å². The van der Waals surface area contributed by atoms with Crippen LogP contribution in [0, 0.1) is 0 Å². The predicted molar refractivity (Wildman–Crippen MR) is 92.0 cm³/mol. The Bertz CT molecular complexity index is 787. The summed E-state index contributed by atoms with van der Waals surface area (Å²) < 4.78 is 6.47. The fraction of sp³-hybridized carbons (Fsp3) is 0.125. The van der Waals surface area contributed by atoms with Crippen LogP contribution >= 0.6 is 23.1 Å². The molecule has 0 atom stereocenters. The molecule has 1 aromatic heterocycles. The first-order valence-corrected chi connectivity index (χ1v) is 8.71. The number of fused-ring (bicyclic) bond motifs is 1. The highest BCUT2D eigenvalue weighted by Crippen LogP contribution is 2.29. The normalized spacial score (nSPS) is 10.6. The summed E-state index contributed by atoms with van der Waals surface area (Å²) >= 11 is 3.15. The van der Waals surface area contributed by atoms with E-state index < -0.39 is 0 Å². The van der Waals surface area contributed by atoms with Crippen molar-refractivity contribution in [2.75, 3.05) is 18.2 Å². The summed E-state index contributed by atoms with van der Waals surface area (Å²) in [4.78, 5) is 17.5. The molecule has 2 aromatic carbocycles. The van der Waals surface area contributed by atoms with E-state index in [4.69, 9.17) is 4.74 Å². The lowest BCUT2D eigenvalue weighted by molar-refractivity contribution is -0.118. The van der Waals surface area contributed by atoms with Crippen LogP contribution < -0.4 is 10.1 Å². The number of rotatable bonds is 5. The molecule has 0 aliphatic heterocycles. The van der Waals surface area contributed by atoms with Gasteiger partial charge in [0.25, 0.3) is 5.91 Å². The monoisotopic (exact) mass is 330 g/mol. The zero-order valence-corrected chi connectivity index (χ0v) is 13.5. The number of carbonyl (C=O) groups is 1. The van der Waals surface area contributed by atoms with Gasteiger partial charge in [-0.05, 0) is 36.6 Å². The average molecular weight is 330 g/mol. The number of benzene rings is 2. The van der Waals surface area contributed by atoms with Crippen molar-refractivity contribution in [1.82, 2.24) is 4.98 Å². The topological polar surface area (TPSA) is 51.2 Å². The first-order valence-electron chi connectivity index (χ1n) is 6.67. The Labute approximate surface area is 136 Å². The standard InChI is InChI=1S/C16H14N2O2S2/c1-21-12-7-8-13-14(9-12)22-16(17-13)18-15(19)10-20-11-5-3-2-4-6-11/h2-9H,10H2,1H3,(H,17,18,19). The molecule has 0 spiro atoms. The number of aromatic nitrogens is 1. The number of ether oxygens (including phenoxy) is 1. The lowest BCUT2D eigenvalue weighted by Gasteiger charge is -2.04. The second-order valence-corrected chi connectivity index (χ2v) is 6.41. The van der Waals surface area contributed by atoms with Crippen LogP contribution in [0.2, 0.25) is 0 Å². The number of thiazole rings is 1. The van der Waals surface area contributed by atoms with Gasteiger partial charge >= 0.3 is 0 Å². The Morgan fingerprint density at radius 1 is 1.27 bits per heavy atom. The Balaban J connectivity index is 1.63. The van der Waals surface area contributed by atoms with Gasteiger partial charge in [-0.25, -0.2) is 4.98 Å². The van der Waals surface area contributed by atoms with Crippen LogP contribution in [0.1, 0.15) is 0 Å². The third-order valence-electron chi connectivity index (χ3n) is 2.96. The number of carbonyl (C=O) groups excluding carboxylic acids is 1. The molecular formula is C16H14N2O2S2. The molecule has 3 rings (SSSR count). The van der Waals surface area contributed by atoms with Crippen molar-refractivity contribution in [3.05, 3.63) is 48.5 Å². The molecule has 1 N–H and O–H groups in total. The van der Waals surface area contributed by atoms with Crippen molar-refractivity contribution in [2.45, 2.75) is 4.90 Å². The zero-order valence-electron chi connectivity index (χ0n) is 11.9. The smallest absolute Gasteiger partial charge is 0.264 e. The lowest BCUT2D eigenvalue weighted by Crippen LogP contribution is -2.19. The molecule has 0 bridgehead atoms. The van der Waals surface area contributed by atoms with E-state index in [0.717, 1.165) is 10.2 Å². The number of thioether (sulfide) groups is 1. The SMILES string of the molecule is CSc1ccc2nc(NC(=O)COc3ccccc3)sc2c1. The fourth-order valence-electron chi connectivity index (χ4n) is 1.91. The number of nitrogens with zero attached hydrogens (tertiary/aromatic N) is 1. The Morgan fingerprint density at radius 3 is 2.86 bits per heavy atom. The molecule has 6 heteroatoms. The van der Waals surface area contributed by atoms with Crippen molar-refractivity contribution in [1.29, 1.82) is 0 Å². The largest absolute Gasteiger partial charge is 0.484 e. The first kappa shape index (κ1) is 14.9. The van der Waals surface area contributed by atoms with Crippen molar-refractivity contribution < 1.29 is 9.53 Å². The summed E-state index contributed by atoms with van der Waals surface area (Å²) in [6, 6.07) is 15.3. The summed E-state index contributed by atoms with van der Waals surface area (Å²) in [6.45, 7) is -0.0317. The summed E-state index contributed by atoms with van der Waals surface area (Å²) in [5.41, 5.74) is 0.891. The summed E-state index contributed by atoms with van der Waals surface area (Å²) in [6.07, 6.45) is 2.03. The minimum absolute atomic E-state index is 0.0317. The van der Waals surface area contributed by atoms with Crippen LogP contribution in [-0.4, -0.2) is 23.8 Å². The zero-order chi connectivity index (χ0) is 15.4. The predicted octanol–water partition coefficient (Wildman–Crippen LogP) is 4.04. The number of anilines is 1. The van der Waals surface area contributed by atoms with Gasteiger partial charge in [0.2, 0.25) is 0 Å². The summed E-state index contributed by atoms with van der Waals surface area (Å²) in [7, 11) is 0. The van der Waals surface area contributed by atoms with Crippen LogP contribution in [0.5, 0.6) is 5.75 Å². The van der Waals surface area contributed by atoms with Gasteiger partial charge < -0.3 is 4.74 Å². The quantitative estimate of drug-likeness (QED) is 0.718. The maximum absolute atomic E-state index is 11.9. The van der Waals surface area contributed by atoms with Crippen molar-refractivity contribution in [3.8, 4) is 5.75 Å². The van der Waals surface area contributed by atoms with E-state index in [1.54, 1.807) is 11.8 Å². The molecule has 0 unspecified atom stereocenters. The van der Waals surface area contributed by atoms with Gasteiger partial charge in [-0.3, -0.25) is 10.1 Å². The van der Waals surface area contributed by atoms with Gasteiger partial charge in [-0.1, -0.05) is 29.5 Å². The molecule has 0 aliphatic carbocycles. The molecule has 1 amide bonds. The number of hydrogen-bond donors (Lipinski definition) is 1. The second kappa shape index (κ2) is 6.81. The molecule has 112 valence electrons. The minimum atomic E-state index is -0.215. The molecule has 0 saturated carbocycles. The van der Waals surface area contributed by atoms with Gasteiger partial charge in [0.15, 0.2) is 11.7 Å². The van der Waals surface area contributed by atoms with Crippen LogP contribution in [0.3, 0.4) is 0 Å². The van der Waals surface area contributed by atoms with Crippen LogP contribution in [-0.2, 0) is 4.79 Å². The second-order valence-electron chi connectivity index (χ2n) is 4.50. The molecule has 0 radical (unpaired) electrons. The van der Waals surface area contributed by atoms with E-state index in [-0.39, 0.29) is 12.5 Å². The number of amides is 1. The van der Waals surface area contributed by atoms with Crippen molar-refractivity contribution in [3.63, 3.8) is 0 Å². The number of hydrogen-bond acceptors (Lipinski definition) is 5. The van der Waals surface area contributed by atoms with E-state index in [2.05, 4.69) is 16.4 Å². The Hall–Kier alpha value is -2.05. The molecule has 22 heavy (non-hydrogen) atoms. The molecule has 0 saturated heterocycles. The fourth-order valence-corrected chi connectivity index (χ4v) is 3.34. The number of para-hydroxylation sites is 1. The van der Waals surface area contributed by atoms with E-state index in [9.17, 15) is 4.79 Å². The number of nitrogens with one attached hydrogen (secondary N) is 1. The van der Waals surface area contributed by atoms with Gasteiger partial charge in [-0.2, -0.15) is 0 Å². The first-order chi connectivity index (χ1) is 10.7. The molecule has 3 aromatic rings. The van der Waals surface area contributed by atoms with Crippen LogP contribution in [0.25, 0.3) is 10.2 Å². The highest BCUT2D eigenvalue weighted by molar-refractivity contribution is 7.98. The molecule has 4 nitrogen and oxygen atoms in total. The highest BCUT2D eigenvalue weighted by Gasteiger charge is 2.09. The lowest BCUT2D eigenvalue weighted by atomic mass is 10.3. The van der Waals surface area contributed by atoms with Gasteiger partial charge in [0.05, 0.1) is 10.2 Å². The molecule has 0 fully saturated rings. The highest BCUT2D eigenvalue weighted by atomic mass is 32.2. The van der Waals surface area contributed by atoms with Gasteiger partial charge in [-0.15, -0.1) is 11.8 Å². The average Bonchev–Trinajstić information content (AvgIpc) is 2.95. The molecule has 1 heterocycles. The summed E-state index contributed by atoms with van der Waals surface area (Å²) in [5, 5.41) is 3.37.